The molecule has 3 heteroatoms. The van der Waals surface area contributed by atoms with E-state index in [1.807, 2.05) is 19.1 Å². The first kappa shape index (κ1) is 14.4. The zero-order valence-electron chi connectivity index (χ0n) is 12.0. The van der Waals surface area contributed by atoms with E-state index in [9.17, 15) is 5.11 Å². The van der Waals surface area contributed by atoms with Gasteiger partial charge in [0, 0.05) is 32.5 Å². The Morgan fingerprint density at radius 1 is 1.26 bits per heavy atom. The average molecular weight is 263 g/mol. The summed E-state index contributed by atoms with van der Waals surface area (Å²) in [6, 6.07) is 8.27. The third-order valence-corrected chi connectivity index (χ3v) is 3.98. The second-order valence-electron chi connectivity index (χ2n) is 5.45. The number of benzene rings is 1. The molecule has 2 rings (SSSR count). The number of hydrogen-bond acceptors (Lipinski definition) is 3. The molecule has 1 atom stereocenters. The highest BCUT2D eigenvalue weighted by Gasteiger charge is 2.16. The Morgan fingerprint density at radius 2 is 1.89 bits per heavy atom. The van der Waals surface area contributed by atoms with Gasteiger partial charge in [-0.2, -0.15) is 0 Å². The van der Waals surface area contributed by atoms with Crippen LogP contribution < -0.4 is 4.90 Å². The number of aliphatic hydroxyl groups excluding tert-OH is 1. The summed E-state index contributed by atoms with van der Waals surface area (Å²) in [5.41, 5.74) is 2.23. The van der Waals surface area contributed by atoms with Crippen LogP contribution in [0.25, 0.3) is 0 Å². The summed E-state index contributed by atoms with van der Waals surface area (Å²) in [7, 11) is 2.14. The van der Waals surface area contributed by atoms with Crippen LogP contribution in [-0.4, -0.2) is 31.9 Å². The second kappa shape index (κ2) is 6.92. The van der Waals surface area contributed by atoms with Crippen molar-refractivity contribution in [2.45, 2.75) is 32.3 Å². The predicted molar refractivity (Wildman–Crippen MR) is 78.5 cm³/mol. The van der Waals surface area contributed by atoms with E-state index < -0.39 is 0 Å². The van der Waals surface area contributed by atoms with Gasteiger partial charge in [-0.05, 0) is 42.9 Å². The highest BCUT2D eigenvalue weighted by atomic mass is 16.5. The number of ether oxygens (including phenoxy) is 1. The van der Waals surface area contributed by atoms with Gasteiger partial charge in [0.15, 0.2) is 0 Å². The predicted octanol–water partition coefficient (Wildman–Crippen LogP) is 2.99. The van der Waals surface area contributed by atoms with Crippen molar-refractivity contribution in [3.8, 4) is 0 Å². The molecule has 19 heavy (non-hydrogen) atoms. The van der Waals surface area contributed by atoms with Gasteiger partial charge in [0.2, 0.25) is 0 Å². The van der Waals surface area contributed by atoms with E-state index in [0.29, 0.717) is 0 Å². The SMILES string of the molecule is CCC(O)c1ccc(N(C)CC2CCOCC2)cc1. The number of hydrogen-bond donors (Lipinski definition) is 1. The van der Waals surface area contributed by atoms with Crippen molar-refractivity contribution in [2.75, 3.05) is 31.7 Å². The fraction of sp³-hybridized carbons (Fsp3) is 0.625. The highest BCUT2D eigenvalue weighted by molar-refractivity contribution is 5.47. The van der Waals surface area contributed by atoms with Crippen molar-refractivity contribution in [1.29, 1.82) is 0 Å². The van der Waals surface area contributed by atoms with Gasteiger partial charge in [0.1, 0.15) is 0 Å². The molecule has 1 saturated heterocycles. The molecule has 1 N–H and O–H groups in total. The molecule has 0 aliphatic carbocycles. The summed E-state index contributed by atoms with van der Waals surface area (Å²) in [5, 5.41) is 9.79. The molecule has 0 aromatic heterocycles. The smallest absolute Gasteiger partial charge is 0.0787 e. The van der Waals surface area contributed by atoms with Crippen molar-refractivity contribution >= 4 is 5.69 Å². The number of anilines is 1. The number of aliphatic hydroxyl groups is 1. The maximum Gasteiger partial charge on any atom is 0.0787 e. The maximum atomic E-state index is 9.79. The van der Waals surface area contributed by atoms with E-state index in [-0.39, 0.29) is 6.10 Å². The van der Waals surface area contributed by atoms with Gasteiger partial charge in [0.25, 0.3) is 0 Å². The lowest BCUT2D eigenvalue weighted by atomic mass is 9.99. The van der Waals surface area contributed by atoms with Gasteiger partial charge < -0.3 is 14.7 Å². The quantitative estimate of drug-likeness (QED) is 0.886. The molecule has 1 aromatic rings. The van der Waals surface area contributed by atoms with Crippen LogP contribution in [0.4, 0.5) is 5.69 Å². The summed E-state index contributed by atoms with van der Waals surface area (Å²) in [6.45, 7) is 4.88. The maximum absolute atomic E-state index is 9.79. The van der Waals surface area contributed by atoms with E-state index in [0.717, 1.165) is 50.5 Å². The topological polar surface area (TPSA) is 32.7 Å². The molecule has 1 aliphatic rings. The molecule has 0 amide bonds. The third-order valence-electron chi connectivity index (χ3n) is 3.98. The van der Waals surface area contributed by atoms with Gasteiger partial charge in [-0.3, -0.25) is 0 Å². The molecule has 0 bridgehead atoms. The first-order chi connectivity index (χ1) is 9.20. The van der Waals surface area contributed by atoms with Gasteiger partial charge in [-0.15, -0.1) is 0 Å². The summed E-state index contributed by atoms with van der Waals surface area (Å²) in [6.07, 6.45) is 2.75. The van der Waals surface area contributed by atoms with Crippen LogP contribution >= 0.6 is 0 Å². The molecule has 0 radical (unpaired) electrons. The molecular weight excluding hydrogens is 238 g/mol. The van der Waals surface area contributed by atoms with Crippen LogP contribution in [0.5, 0.6) is 0 Å². The van der Waals surface area contributed by atoms with Crippen LogP contribution in [0, 0.1) is 5.92 Å². The Morgan fingerprint density at radius 3 is 2.47 bits per heavy atom. The Bertz CT molecular complexity index is 371. The first-order valence-electron chi connectivity index (χ1n) is 7.27. The summed E-state index contributed by atoms with van der Waals surface area (Å²) in [5.74, 6) is 0.736. The molecule has 1 heterocycles. The summed E-state index contributed by atoms with van der Waals surface area (Å²) >= 11 is 0. The summed E-state index contributed by atoms with van der Waals surface area (Å²) < 4.78 is 5.40. The number of nitrogens with zero attached hydrogens (tertiary/aromatic N) is 1. The minimum atomic E-state index is -0.338. The Kier molecular flexibility index (Phi) is 5.23. The number of rotatable bonds is 5. The van der Waals surface area contributed by atoms with Gasteiger partial charge >= 0.3 is 0 Å². The monoisotopic (exact) mass is 263 g/mol. The minimum absolute atomic E-state index is 0.338. The molecular formula is C16H25NO2. The molecule has 3 nitrogen and oxygen atoms in total. The van der Waals surface area contributed by atoms with E-state index in [1.165, 1.54) is 5.69 Å². The van der Waals surface area contributed by atoms with Crippen LogP contribution in [-0.2, 0) is 4.74 Å². The lowest BCUT2D eigenvalue weighted by molar-refractivity contribution is 0.0685. The fourth-order valence-electron chi connectivity index (χ4n) is 2.61. The van der Waals surface area contributed by atoms with Crippen LogP contribution in [0.1, 0.15) is 37.9 Å². The second-order valence-corrected chi connectivity index (χ2v) is 5.45. The van der Waals surface area contributed by atoms with Gasteiger partial charge in [0.05, 0.1) is 6.10 Å². The largest absolute Gasteiger partial charge is 0.388 e. The molecule has 1 fully saturated rings. The lowest BCUT2D eigenvalue weighted by Gasteiger charge is -2.28. The van der Waals surface area contributed by atoms with Crippen molar-refractivity contribution < 1.29 is 9.84 Å². The molecule has 0 spiro atoms. The Hall–Kier alpha value is -1.06. The van der Waals surface area contributed by atoms with Crippen molar-refractivity contribution in [1.82, 2.24) is 0 Å². The minimum Gasteiger partial charge on any atom is -0.388 e. The lowest BCUT2D eigenvalue weighted by Crippen LogP contribution is -2.29. The fourth-order valence-corrected chi connectivity index (χ4v) is 2.61. The van der Waals surface area contributed by atoms with Gasteiger partial charge in [-0.25, -0.2) is 0 Å². The van der Waals surface area contributed by atoms with Gasteiger partial charge in [-0.1, -0.05) is 19.1 Å². The molecule has 1 unspecified atom stereocenters. The van der Waals surface area contributed by atoms with E-state index in [4.69, 9.17) is 4.74 Å². The normalized spacial score (nSPS) is 18.3. The van der Waals surface area contributed by atoms with E-state index in [2.05, 4.69) is 24.1 Å². The molecule has 106 valence electrons. The molecule has 1 aliphatic heterocycles. The van der Waals surface area contributed by atoms with Crippen molar-refractivity contribution in [2.24, 2.45) is 5.92 Å². The van der Waals surface area contributed by atoms with Crippen LogP contribution in [0.2, 0.25) is 0 Å². The van der Waals surface area contributed by atoms with Crippen LogP contribution in [0.3, 0.4) is 0 Å². The Labute approximate surface area is 116 Å². The molecule has 1 aromatic carbocycles. The first-order valence-corrected chi connectivity index (χ1v) is 7.27. The van der Waals surface area contributed by atoms with Crippen molar-refractivity contribution in [3.63, 3.8) is 0 Å². The third kappa shape index (κ3) is 3.95. The van der Waals surface area contributed by atoms with Crippen LogP contribution in [0.15, 0.2) is 24.3 Å². The highest BCUT2D eigenvalue weighted by Crippen LogP contribution is 2.23. The zero-order valence-corrected chi connectivity index (χ0v) is 12.0. The average Bonchev–Trinajstić information content (AvgIpc) is 2.47. The van der Waals surface area contributed by atoms with E-state index >= 15 is 0 Å². The van der Waals surface area contributed by atoms with E-state index in [1.54, 1.807) is 0 Å². The Balaban J connectivity index is 1.93. The zero-order chi connectivity index (χ0) is 13.7. The van der Waals surface area contributed by atoms with Crippen molar-refractivity contribution in [3.05, 3.63) is 29.8 Å². The molecule has 0 saturated carbocycles. The standard InChI is InChI=1S/C16H25NO2/c1-3-16(18)14-4-6-15(7-5-14)17(2)12-13-8-10-19-11-9-13/h4-7,13,16,18H,3,8-12H2,1-2H3. The summed E-state index contributed by atoms with van der Waals surface area (Å²) in [4.78, 5) is 2.30.